The molecule has 3 rings (SSSR count). The third kappa shape index (κ3) is 2.71. The third-order valence-electron chi connectivity index (χ3n) is 5.46. The molecule has 2 aliphatic carbocycles. The van der Waals surface area contributed by atoms with Crippen molar-refractivity contribution in [1.29, 1.82) is 0 Å². The van der Waals surface area contributed by atoms with Crippen LogP contribution in [0.5, 0.6) is 0 Å². The van der Waals surface area contributed by atoms with Crippen LogP contribution in [-0.4, -0.2) is 37.0 Å². The van der Waals surface area contributed by atoms with Gasteiger partial charge in [0.2, 0.25) is 5.91 Å². The van der Waals surface area contributed by atoms with Gasteiger partial charge in [0.05, 0.1) is 5.41 Å². The molecule has 3 nitrogen and oxygen atoms in total. The fourth-order valence-electron chi connectivity index (χ4n) is 3.76. The summed E-state index contributed by atoms with van der Waals surface area (Å²) >= 11 is 0. The smallest absolute Gasteiger partial charge is 0.233 e. The van der Waals surface area contributed by atoms with E-state index in [0.717, 1.165) is 25.7 Å². The van der Waals surface area contributed by atoms with Crippen molar-refractivity contribution in [2.75, 3.05) is 14.1 Å². The zero-order chi connectivity index (χ0) is 14.9. The highest BCUT2D eigenvalue weighted by atomic mass is 16.2. The minimum absolute atomic E-state index is 0.212. The van der Waals surface area contributed by atoms with Gasteiger partial charge >= 0.3 is 0 Å². The molecule has 0 aliphatic heterocycles. The van der Waals surface area contributed by atoms with Crippen LogP contribution in [-0.2, 0) is 10.2 Å². The number of amides is 1. The van der Waals surface area contributed by atoms with Crippen LogP contribution >= 0.6 is 0 Å². The number of carbonyl (C=O) groups is 1. The zero-order valence-electron chi connectivity index (χ0n) is 13.1. The number of carbonyl (C=O) groups excluding carboxylic acids is 1. The molecular formula is C18H26N2O. The maximum absolute atomic E-state index is 13.0. The highest BCUT2D eigenvalue weighted by molar-refractivity contribution is 5.91. The molecule has 1 aromatic rings. The molecule has 2 saturated carbocycles. The van der Waals surface area contributed by atoms with Gasteiger partial charge in [-0.3, -0.25) is 4.79 Å². The summed E-state index contributed by atoms with van der Waals surface area (Å²) in [5.74, 6) is 0.335. The Labute approximate surface area is 127 Å². The Morgan fingerprint density at radius 1 is 1.14 bits per heavy atom. The van der Waals surface area contributed by atoms with Crippen molar-refractivity contribution in [2.24, 2.45) is 0 Å². The van der Waals surface area contributed by atoms with Gasteiger partial charge < -0.3 is 10.2 Å². The van der Waals surface area contributed by atoms with Gasteiger partial charge in [0, 0.05) is 19.1 Å². The lowest BCUT2D eigenvalue weighted by molar-refractivity contribution is -0.135. The molecule has 21 heavy (non-hydrogen) atoms. The molecule has 114 valence electrons. The van der Waals surface area contributed by atoms with Gasteiger partial charge in [-0.25, -0.2) is 0 Å². The van der Waals surface area contributed by atoms with Gasteiger partial charge in [0.1, 0.15) is 0 Å². The van der Waals surface area contributed by atoms with E-state index >= 15 is 0 Å². The summed E-state index contributed by atoms with van der Waals surface area (Å²) in [5, 5.41) is 3.36. The Balaban J connectivity index is 1.68. The van der Waals surface area contributed by atoms with E-state index < -0.39 is 0 Å². The average molecular weight is 286 g/mol. The fraction of sp³-hybridized carbons (Fsp3) is 0.611. The van der Waals surface area contributed by atoms with E-state index in [1.54, 1.807) is 0 Å². The highest BCUT2D eigenvalue weighted by Gasteiger charge is 2.53. The zero-order valence-corrected chi connectivity index (χ0v) is 13.1. The van der Waals surface area contributed by atoms with Crippen LogP contribution in [0.25, 0.3) is 0 Å². The van der Waals surface area contributed by atoms with Crippen molar-refractivity contribution in [2.45, 2.75) is 56.0 Å². The summed E-state index contributed by atoms with van der Waals surface area (Å²) in [4.78, 5) is 15.0. The number of benzene rings is 1. The average Bonchev–Trinajstić information content (AvgIpc) is 3.36. The molecule has 0 saturated heterocycles. The second-order valence-corrected chi connectivity index (χ2v) is 6.66. The van der Waals surface area contributed by atoms with Crippen molar-refractivity contribution in [3.05, 3.63) is 35.9 Å². The number of hydrogen-bond acceptors (Lipinski definition) is 2. The molecule has 1 N–H and O–H groups in total. The van der Waals surface area contributed by atoms with E-state index in [9.17, 15) is 4.79 Å². The summed E-state index contributed by atoms with van der Waals surface area (Å²) in [5.41, 5.74) is 0.987. The largest absolute Gasteiger partial charge is 0.342 e. The van der Waals surface area contributed by atoms with Gasteiger partial charge in [0.25, 0.3) is 0 Å². The van der Waals surface area contributed by atoms with Crippen molar-refractivity contribution in [1.82, 2.24) is 10.2 Å². The molecule has 0 radical (unpaired) electrons. The normalized spacial score (nSPS) is 27.1. The van der Waals surface area contributed by atoms with Crippen molar-refractivity contribution < 1.29 is 4.79 Å². The first-order valence-corrected chi connectivity index (χ1v) is 8.17. The minimum Gasteiger partial charge on any atom is -0.342 e. The Morgan fingerprint density at radius 3 is 2.29 bits per heavy atom. The van der Waals surface area contributed by atoms with Crippen LogP contribution in [0.1, 0.15) is 44.1 Å². The van der Waals surface area contributed by atoms with E-state index in [-0.39, 0.29) is 5.41 Å². The maximum atomic E-state index is 13.0. The lowest BCUT2D eigenvalue weighted by atomic mass is 9.88. The van der Waals surface area contributed by atoms with Gasteiger partial charge in [-0.15, -0.1) is 0 Å². The van der Waals surface area contributed by atoms with Crippen LogP contribution in [0.3, 0.4) is 0 Å². The van der Waals surface area contributed by atoms with Crippen LogP contribution < -0.4 is 5.32 Å². The summed E-state index contributed by atoms with van der Waals surface area (Å²) < 4.78 is 0. The Hall–Kier alpha value is -1.35. The van der Waals surface area contributed by atoms with E-state index in [1.165, 1.54) is 18.4 Å². The number of likely N-dealkylation sites (N-methyl/N-ethyl adjacent to an activating group) is 1. The molecule has 0 atom stereocenters. The standard InChI is InChI=1S/C18H26N2O/c1-19-15-8-10-16(11-9-15)20(2)17(21)18(12-13-18)14-6-4-3-5-7-14/h3-7,15-16,19H,8-13H2,1-2H3. The van der Waals surface area contributed by atoms with Crippen molar-refractivity contribution in [3.63, 3.8) is 0 Å². The molecular weight excluding hydrogens is 260 g/mol. The predicted octanol–water partition coefficient (Wildman–Crippen LogP) is 2.71. The molecule has 0 unspecified atom stereocenters. The van der Waals surface area contributed by atoms with Gasteiger partial charge in [-0.05, 0) is 51.1 Å². The minimum atomic E-state index is -0.212. The first-order chi connectivity index (χ1) is 10.2. The number of rotatable bonds is 4. The molecule has 2 fully saturated rings. The fourth-order valence-corrected chi connectivity index (χ4v) is 3.76. The van der Waals surface area contributed by atoms with Gasteiger partial charge in [-0.2, -0.15) is 0 Å². The van der Waals surface area contributed by atoms with Crippen molar-refractivity contribution >= 4 is 5.91 Å². The van der Waals surface area contributed by atoms with Crippen LogP contribution in [0, 0.1) is 0 Å². The van der Waals surface area contributed by atoms with E-state index in [4.69, 9.17) is 0 Å². The van der Waals surface area contributed by atoms with E-state index in [2.05, 4.69) is 17.4 Å². The summed E-state index contributed by atoms with van der Waals surface area (Å²) in [7, 11) is 4.05. The molecule has 0 heterocycles. The summed E-state index contributed by atoms with van der Waals surface area (Å²) in [6.07, 6.45) is 6.61. The number of nitrogens with one attached hydrogen (secondary N) is 1. The summed E-state index contributed by atoms with van der Waals surface area (Å²) in [6.45, 7) is 0. The molecule has 2 aliphatic rings. The number of nitrogens with zero attached hydrogens (tertiary/aromatic N) is 1. The Kier molecular flexibility index (Phi) is 4.03. The SMILES string of the molecule is CNC1CCC(N(C)C(=O)C2(c3ccccc3)CC2)CC1. The third-order valence-corrected chi connectivity index (χ3v) is 5.46. The summed E-state index contributed by atoms with van der Waals surface area (Å²) in [6, 6.07) is 11.4. The highest BCUT2D eigenvalue weighted by Crippen LogP contribution is 2.49. The lowest BCUT2D eigenvalue weighted by Gasteiger charge is -2.36. The second kappa shape index (κ2) is 5.80. The lowest BCUT2D eigenvalue weighted by Crippen LogP contribution is -2.46. The topological polar surface area (TPSA) is 32.3 Å². The van der Waals surface area contributed by atoms with Crippen LogP contribution in [0.15, 0.2) is 30.3 Å². The van der Waals surface area contributed by atoms with Gasteiger partial charge in [0.15, 0.2) is 0 Å². The van der Waals surface area contributed by atoms with E-state index in [0.29, 0.717) is 18.0 Å². The second-order valence-electron chi connectivity index (χ2n) is 6.66. The Morgan fingerprint density at radius 2 is 1.76 bits per heavy atom. The quantitative estimate of drug-likeness (QED) is 0.923. The van der Waals surface area contributed by atoms with Crippen LogP contribution in [0.2, 0.25) is 0 Å². The number of hydrogen-bond donors (Lipinski definition) is 1. The molecule has 1 amide bonds. The van der Waals surface area contributed by atoms with E-state index in [1.807, 2.05) is 37.2 Å². The molecule has 1 aromatic carbocycles. The monoisotopic (exact) mass is 286 g/mol. The molecule has 3 heteroatoms. The van der Waals surface area contributed by atoms with Crippen molar-refractivity contribution in [3.8, 4) is 0 Å². The first kappa shape index (κ1) is 14.6. The molecule has 0 bridgehead atoms. The molecule has 0 spiro atoms. The van der Waals surface area contributed by atoms with Crippen LogP contribution in [0.4, 0.5) is 0 Å². The van der Waals surface area contributed by atoms with Gasteiger partial charge in [-0.1, -0.05) is 30.3 Å². The molecule has 0 aromatic heterocycles. The maximum Gasteiger partial charge on any atom is 0.233 e. The Bertz CT molecular complexity index is 487. The first-order valence-electron chi connectivity index (χ1n) is 8.17. The predicted molar refractivity (Wildman–Crippen MR) is 85.2 cm³/mol.